The molecule has 6 heteroatoms. The van der Waals surface area contributed by atoms with Crippen LogP contribution >= 0.6 is 11.6 Å². The molecule has 0 spiro atoms. The van der Waals surface area contributed by atoms with Gasteiger partial charge >= 0.3 is 0 Å². The molecule has 0 saturated heterocycles. The number of nitrogens with one attached hydrogen (secondary N) is 1. The Labute approximate surface area is 144 Å². The molecule has 0 aliphatic rings. The lowest BCUT2D eigenvalue weighted by Crippen LogP contribution is -2.00. The summed E-state index contributed by atoms with van der Waals surface area (Å²) >= 11 is 5.90. The van der Waals surface area contributed by atoms with Crippen LogP contribution in [0.15, 0.2) is 59.7 Å². The van der Waals surface area contributed by atoms with Crippen LogP contribution in [0, 0.1) is 6.92 Å². The Morgan fingerprint density at radius 2 is 1.88 bits per heavy atom. The Morgan fingerprint density at radius 1 is 1.08 bits per heavy atom. The molecule has 0 atom stereocenters. The summed E-state index contributed by atoms with van der Waals surface area (Å²) in [4.78, 5) is 8.76. The first-order valence-corrected chi connectivity index (χ1v) is 7.68. The molecule has 0 amide bonds. The predicted molar refractivity (Wildman–Crippen MR) is 96.5 cm³/mol. The molecule has 24 heavy (non-hydrogen) atoms. The standard InChI is InChI=1S/C18H15ClN4O/c1-12-9-16(13-5-3-2-4-6-13)22-18(21-12)23-20-11-14-10-15(19)7-8-17(14)24/h2-11,24H,1H3,(H,21,22,23). The van der Waals surface area contributed by atoms with E-state index < -0.39 is 0 Å². The fourth-order valence-corrected chi connectivity index (χ4v) is 2.34. The lowest BCUT2D eigenvalue weighted by Gasteiger charge is -2.05. The number of aryl methyl sites for hydroxylation is 1. The highest BCUT2D eigenvalue weighted by molar-refractivity contribution is 6.30. The van der Waals surface area contributed by atoms with E-state index in [9.17, 15) is 5.11 Å². The Bertz CT molecular complexity index is 881. The van der Waals surface area contributed by atoms with Gasteiger partial charge in [-0.3, -0.25) is 0 Å². The normalized spacial score (nSPS) is 10.9. The summed E-state index contributed by atoms with van der Waals surface area (Å²) in [5, 5.41) is 14.4. The molecule has 0 aliphatic heterocycles. The summed E-state index contributed by atoms with van der Waals surface area (Å²) in [5.74, 6) is 0.478. The number of anilines is 1. The SMILES string of the molecule is Cc1cc(-c2ccccc2)nc(NN=Cc2cc(Cl)ccc2O)n1. The third kappa shape index (κ3) is 3.88. The lowest BCUT2D eigenvalue weighted by atomic mass is 10.1. The van der Waals surface area contributed by atoms with Crippen molar-refractivity contribution in [1.29, 1.82) is 0 Å². The quantitative estimate of drug-likeness (QED) is 0.551. The highest BCUT2D eigenvalue weighted by atomic mass is 35.5. The lowest BCUT2D eigenvalue weighted by molar-refractivity contribution is 0.474. The molecule has 0 unspecified atom stereocenters. The smallest absolute Gasteiger partial charge is 0.244 e. The van der Waals surface area contributed by atoms with Crippen LogP contribution in [0.4, 0.5) is 5.95 Å². The van der Waals surface area contributed by atoms with Crippen LogP contribution in [0.1, 0.15) is 11.3 Å². The molecular weight excluding hydrogens is 324 g/mol. The Kier molecular flexibility index (Phi) is 4.72. The van der Waals surface area contributed by atoms with Crippen LogP contribution in [0.25, 0.3) is 11.3 Å². The van der Waals surface area contributed by atoms with Gasteiger partial charge in [0.25, 0.3) is 0 Å². The summed E-state index contributed by atoms with van der Waals surface area (Å²) in [6.07, 6.45) is 1.47. The number of halogens is 1. The number of aromatic nitrogens is 2. The summed E-state index contributed by atoms with van der Waals surface area (Å²) in [6.45, 7) is 1.89. The van der Waals surface area contributed by atoms with Gasteiger partial charge < -0.3 is 5.11 Å². The molecule has 3 rings (SSSR count). The van der Waals surface area contributed by atoms with Crippen molar-refractivity contribution in [3.8, 4) is 17.0 Å². The van der Waals surface area contributed by atoms with Gasteiger partial charge in [-0.25, -0.2) is 15.4 Å². The van der Waals surface area contributed by atoms with Crippen LogP contribution < -0.4 is 5.43 Å². The van der Waals surface area contributed by atoms with Crippen LogP contribution in [0.2, 0.25) is 5.02 Å². The van der Waals surface area contributed by atoms with E-state index in [1.807, 2.05) is 43.3 Å². The maximum Gasteiger partial charge on any atom is 0.244 e. The van der Waals surface area contributed by atoms with Gasteiger partial charge in [-0.1, -0.05) is 41.9 Å². The molecule has 1 heterocycles. The van der Waals surface area contributed by atoms with Crippen molar-refractivity contribution in [2.75, 3.05) is 5.43 Å². The molecule has 0 radical (unpaired) electrons. The summed E-state index contributed by atoms with van der Waals surface area (Å²) in [7, 11) is 0. The third-order valence-corrected chi connectivity index (χ3v) is 3.52. The highest BCUT2D eigenvalue weighted by Gasteiger charge is 2.04. The van der Waals surface area contributed by atoms with Gasteiger partial charge in [-0.05, 0) is 31.2 Å². The van der Waals surface area contributed by atoms with Gasteiger partial charge in [0.2, 0.25) is 5.95 Å². The fourth-order valence-electron chi connectivity index (χ4n) is 2.16. The van der Waals surface area contributed by atoms with Gasteiger partial charge in [0, 0.05) is 21.8 Å². The minimum atomic E-state index is 0.0973. The number of hydrogen-bond donors (Lipinski definition) is 2. The molecule has 1 aromatic heterocycles. The van der Waals surface area contributed by atoms with Gasteiger partial charge in [-0.2, -0.15) is 5.10 Å². The van der Waals surface area contributed by atoms with Gasteiger partial charge in [-0.15, -0.1) is 0 Å². The van der Waals surface area contributed by atoms with Crippen molar-refractivity contribution in [2.24, 2.45) is 5.10 Å². The number of benzene rings is 2. The monoisotopic (exact) mass is 338 g/mol. The topological polar surface area (TPSA) is 70.4 Å². The molecule has 0 fully saturated rings. The van der Waals surface area contributed by atoms with Gasteiger partial charge in [0.15, 0.2) is 0 Å². The number of aromatic hydroxyl groups is 1. The molecular formula is C18H15ClN4O. The maximum absolute atomic E-state index is 9.76. The van der Waals surface area contributed by atoms with E-state index in [1.165, 1.54) is 12.3 Å². The van der Waals surface area contributed by atoms with Crippen molar-refractivity contribution in [3.05, 3.63) is 70.9 Å². The molecule has 2 N–H and O–H groups in total. The van der Waals surface area contributed by atoms with Gasteiger partial charge in [0.05, 0.1) is 11.9 Å². The van der Waals surface area contributed by atoms with Crippen molar-refractivity contribution in [2.45, 2.75) is 6.92 Å². The zero-order valence-electron chi connectivity index (χ0n) is 12.9. The zero-order valence-corrected chi connectivity index (χ0v) is 13.7. The molecule has 0 bridgehead atoms. The highest BCUT2D eigenvalue weighted by Crippen LogP contribution is 2.20. The molecule has 5 nitrogen and oxygen atoms in total. The van der Waals surface area contributed by atoms with Crippen LogP contribution in [0.3, 0.4) is 0 Å². The number of nitrogens with zero attached hydrogens (tertiary/aromatic N) is 3. The van der Waals surface area contributed by atoms with E-state index in [2.05, 4.69) is 20.5 Å². The second-order valence-electron chi connectivity index (χ2n) is 5.16. The molecule has 0 saturated carbocycles. The summed E-state index contributed by atoms with van der Waals surface area (Å²) in [6, 6.07) is 16.5. The zero-order chi connectivity index (χ0) is 16.9. The van der Waals surface area contributed by atoms with E-state index in [1.54, 1.807) is 12.1 Å². The maximum atomic E-state index is 9.76. The Balaban J connectivity index is 1.82. The van der Waals surface area contributed by atoms with Gasteiger partial charge in [0.1, 0.15) is 5.75 Å². The van der Waals surface area contributed by atoms with E-state index in [0.29, 0.717) is 16.5 Å². The van der Waals surface area contributed by atoms with Crippen molar-refractivity contribution in [3.63, 3.8) is 0 Å². The van der Waals surface area contributed by atoms with Crippen molar-refractivity contribution in [1.82, 2.24) is 9.97 Å². The Morgan fingerprint density at radius 3 is 2.67 bits per heavy atom. The third-order valence-electron chi connectivity index (χ3n) is 3.28. The average Bonchev–Trinajstić information content (AvgIpc) is 2.58. The summed E-state index contributed by atoms with van der Waals surface area (Å²) < 4.78 is 0. The minimum Gasteiger partial charge on any atom is -0.507 e. The predicted octanol–water partition coefficient (Wildman–Crippen LogP) is 4.26. The van der Waals surface area contributed by atoms with E-state index in [-0.39, 0.29) is 5.75 Å². The fraction of sp³-hybridized carbons (Fsp3) is 0.0556. The molecule has 0 aliphatic carbocycles. The molecule has 3 aromatic rings. The van der Waals surface area contributed by atoms with Crippen molar-refractivity contribution < 1.29 is 5.11 Å². The number of rotatable bonds is 4. The summed E-state index contributed by atoms with van der Waals surface area (Å²) in [5.41, 5.74) is 5.93. The molecule has 2 aromatic carbocycles. The number of hydrogen-bond acceptors (Lipinski definition) is 5. The first-order chi connectivity index (χ1) is 11.6. The van der Waals surface area contributed by atoms with E-state index in [0.717, 1.165) is 17.0 Å². The number of phenols is 1. The van der Waals surface area contributed by atoms with E-state index in [4.69, 9.17) is 11.6 Å². The van der Waals surface area contributed by atoms with E-state index >= 15 is 0 Å². The second kappa shape index (κ2) is 7.10. The first-order valence-electron chi connectivity index (χ1n) is 7.30. The number of phenolic OH excluding ortho intramolecular Hbond substituents is 1. The largest absolute Gasteiger partial charge is 0.507 e. The first kappa shape index (κ1) is 16.0. The number of hydrazone groups is 1. The second-order valence-corrected chi connectivity index (χ2v) is 5.59. The minimum absolute atomic E-state index is 0.0973. The average molecular weight is 339 g/mol. The molecule has 120 valence electrons. The van der Waals surface area contributed by atoms with Crippen molar-refractivity contribution >= 4 is 23.8 Å². The Hall–Kier alpha value is -2.92. The van der Waals surface area contributed by atoms with Crippen LogP contribution in [0.5, 0.6) is 5.75 Å². The van der Waals surface area contributed by atoms with Crippen LogP contribution in [-0.2, 0) is 0 Å². The van der Waals surface area contributed by atoms with Crippen LogP contribution in [-0.4, -0.2) is 21.3 Å².